The van der Waals surface area contributed by atoms with Crippen LogP contribution >= 0.6 is 0 Å². The van der Waals surface area contributed by atoms with Crippen molar-refractivity contribution in [3.63, 3.8) is 0 Å². The molecule has 0 aliphatic carbocycles. The molecule has 5 nitrogen and oxygen atoms in total. The van der Waals surface area contributed by atoms with Crippen LogP contribution in [0.25, 0.3) is 0 Å². The van der Waals surface area contributed by atoms with Gasteiger partial charge in [0.2, 0.25) is 0 Å². The predicted octanol–water partition coefficient (Wildman–Crippen LogP) is 2.34. The highest BCUT2D eigenvalue weighted by atomic mass is 16.4. The van der Waals surface area contributed by atoms with Gasteiger partial charge in [-0.25, -0.2) is 4.79 Å². The summed E-state index contributed by atoms with van der Waals surface area (Å²) in [5, 5.41) is 18.5. The Bertz CT molecular complexity index is 558. The summed E-state index contributed by atoms with van der Waals surface area (Å²) in [6, 6.07) is 8.07. The molecule has 0 bridgehead atoms. The molecule has 0 atom stereocenters. The van der Waals surface area contributed by atoms with Crippen LogP contribution in [0.4, 0.5) is 5.69 Å². The number of aromatic nitrogens is 2. The number of carboxylic acid groups (broad SMARTS) is 1. The van der Waals surface area contributed by atoms with E-state index in [1.807, 2.05) is 31.2 Å². The lowest BCUT2D eigenvalue weighted by atomic mass is 10.1. The number of rotatable bonds is 4. The van der Waals surface area contributed by atoms with E-state index in [1.165, 1.54) is 5.56 Å². The molecule has 18 heavy (non-hydrogen) atoms. The minimum atomic E-state index is -1.04. The van der Waals surface area contributed by atoms with Crippen LogP contribution in [0.3, 0.4) is 0 Å². The number of nitrogens with zero attached hydrogens (tertiary/aromatic N) is 1. The molecule has 0 aliphatic rings. The monoisotopic (exact) mass is 245 g/mol. The molecule has 0 amide bonds. The third kappa shape index (κ3) is 2.51. The number of benzene rings is 1. The van der Waals surface area contributed by atoms with Crippen molar-refractivity contribution in [1.29, 1.82) is 0 Å². The SMILES string of the molecule is Cc1ccc(CNc2c(C(=O)O)n[nH]c2C)cc1. The van der Waals surface area contributed by atoms with Gasteiger partial charge in [0.15, 0.2) is 5.69 Å². The smallest absolute Gasteiger partial charge is 0.358 e. The summed E-state index contributed by atoms with van der Waals surface area (Å²) in [7, 11) is 0. The quantitative estimate of drug-likeness (QED) is 0.772. The van der Waals surface area contributed by atoms with Gasteiger partial charge in [-0.3, -0.25) is 5.10 Å². The van der Waals surface area contributed by atoms with Crippen LogP contribution < -0.4 is 5.32 Å². The Balaban J connectivity index is 2.12. The highest BCUT2D eigenvalue weighted by Crippen LogP contribution is 2.18. The van der Waals surface area contributed by atoms with Crippen LogP contribution in [0.15, 0.2) is 24.3 Å². The largest absolute Gasteiger partial charge is 0.476 e. The number of aryl methyl sites for hydroxylation is 2. The number of hydrogen-bond donors (Lipinski definition) is 3. The van der Waals surface area contributed by atoms with Gasteiger partial charge in [-0.15, -0.1) is 0 Å². The van der Waals surface area contributed by atoms with Crippen molar-refractivity contribution in [2.24, 2.45) is 0 Å². The molecular weight excluding hydrogens is 230 g/mol. The van der Waals surface area contributed by atoms with Gasteiger partial charge in [0, 0.05) is 6.54 Å². The Hall–Kier alpha value is -2.30. The first-order valence-corrected chi connectivity index (χ1v) is 5.65. The van der Waals surface area contributed by atoms with Crippen LogP contribution in [0, 0.1) is 13.8 Å². The Labute approximate surface area is 105 Å². The van der Waals surface area contributed by atoms with Gasteiger partial charge in [0.25, 0.3) is 0 Å². The summed E-state index contributed by atoms with van der Waals surface area (Å²) >= 11 is 0. The third-order valence-corrected chi connectivity index (χ3v) is 2.74. The van der Waals surface area contributed by atoms with Gasteiger partial charge in [-0.1, -0.05) is 29.8 Å². The Morgan fingerprint density at radius 2 is 2.00 bits per heavy atom. The fourth-order valence-electron chi connectivity index (χ4n) is 1.70. The zero-order valence-electron chi connectivity index (χ0n) is 10.3. The number of carboxylic acids is 1. The zero-order valence-corrected chi connectivity index (χ0v) is 10.3. The Morgan fingerprint density at radius 3 is 2.61 bits per heavy atom. The van der Waals surface area contributed by atoms with Crippen molar-refractivity contribution in [2.75, 3.05) is 5.32 Å². The van der Waals surface area contributed by atoms with Crippen molar-refractivity contribution < 1.29 is 9.90 Å². The molecule has 0 fully saturated rings. The summed E-state index contributed by atoms with van der Waals surface area (Å²) < 4.78 is 0. The lowest BCUT2D eigenvalue weighted by Gasteiger charge is -2.06. The van der Waals surface area contributed by atoms with Crippen LogP contribution in [-0.2, 0) is 6.54 Å². The summed E-state index contributed by atoms with van der Waals surface area (Å²) in [4.78, 5) is 11.0. The average Bonchev–Trinajstić information content (AvgIpc) is 2.70. The maximum absolute atomic E-state index is 11.0. The number of H-pyrrole nitrogens is 1. The van der Waals surface area contributed by atoms with Crippen LogP contribution in [0.2, 0.25) is 0 Å². The van der Waals surface area contributed by atoms with E-state index in [9.17, 15) is 4.79 Å². The first-order valence-electron chi connectivity index (χ1n) is 5.65. The van der Waals surface area contributed by atoms with E-state index < -0.39 is 5.97 Å². The lowest BCUT2D eigenvalue weighted by molar-refractivity contribution is 0.0691. The third-order valence-electron chi connectivity index (χ3n) is 2.74. The van der Waals surface area contributed by atoms with Crippen molar-refractivity contribution in [1.82, 2.24) is 10.2 Å². The van der Waals surface area contributed by atoms with E-state index in [-0.39, 0.29) is 5.69 Å². The molecule has 0 unspecified atom stereocenters. The maximum atomic E-state index is 11.0. The predicted molar refractivity (Wildman–Crippen MR) is 68.8 cm³/mol. The van der Waals surface area contributed by atoms with E-state index in [0.717, 1.165) is 11.3 Å². The molecule has 1 aromatic carbocycles. The van der Waals surface area contributed by atoms with Gasteiger partial charge in [0.1, 0.15) is 0 Å². The van der Waals surface area contributed by atoms with E-state index in [1.54, 1.807) is 6.92 Å². The summed E-state index contributed by atoms with van der Waals surface area (Å²) in [5.74, 6) is -1.04. The van der Waals surface area contributed by atoms with E-state index in [4.69, 9.17) is 5.11 Å². The number of aromatic amines is 1. The number of anilines is 1. The van der Waals surface area contributed by atoms with Crippen LogP contribution in [-0.4, -0.2) is 21.3 Å². The molecule has 0 radical (unpaired) electrons. The van der Waals surface area contributed by atoms with Gasteiger partial charge in [0.05, 0.1) is 11.4 Å². The standard InChI is InChI=1S/C13H15N3O2/c1-8-3-5-10(6-4-8)7-14-11-9(2)15-16-12(11)13(17)18/h3-6,14H,7H2,1-2H3,(H,15,16)(H,17,18). The number of hydrogen-bond acceptors (Lipinski definition) is 3. The number of aromatic carboxylic acids is 1. The van der Waals surface area contributed by atoms with Crippen molar-refractivity contribution >= 4 is 11.7 Å². The lowest BCUT2D eigenvalue weighted by Crippen LogP contribution is -2.06. The second-order valence-corrected chi connectivity index (χ2v) is 4.22. The highest BCUT2D eigenvalue weighted by Gasteiger charge is 2.16. The first kappa shape index (κ1) is 12.2. The van der Waals surface area contributed by atoms with Gasteiger partial charge in [-0.2, -0.15) is 5.10 Å². The topological polar surface area (TPSA) is 78.0 Å². The maximum Gasteiger partial charge on any atom is 0.358 e. The van der Waals surface area contributed by atoms with Crippen molar-refractivity contribution in [2.45, 2.75) is 20.4 Å². The first-order chi connectivity index (χ1) is 8.58. The second-order valence-electron chi connectivity index (χ2n) is 4.22. The van der Waals surface area contributed by atoms with E-state index >= 15 is 0 Å². The van der Waals surface area contributed by atoms with Gasteiger partial charge < -0.3 is 10.4 Å². The Morgan fingerprint density at radius 1 is 1.33 bits per heavy atom. The number of carbonyl (C=O) groups is 1. The molecule has 1 heterocycles. The van der Waals surface area contributed by atoms with E-state index in [0.29, 0.717) is 12.2 Å². The second kappa shape index (κ2) is 4.91. The molecule has 2 rings (SSSR count). The molecule has 1 aromatic heterocycles. The highest BCUT2D eigenvalue weighted by molar-refractivity contribution is 5.92. The van der Waals surface area contributed by atoms with Crippen molar-refractivity contribution in [3.8, 4) is 0 Å². The molecular formula is C13H15N3O2. The molecule has 5 heteroatoms. The molecule has 0 saturated carbocycles. The normalized spacial score (nSPS) is 10.3. The molecule has 94 valence electrons. The zero-order chi connectivity index (χ0) is 13.1. The minimum Gasteiger partial charge on any atom is -0.476 e. The van der Waals surface area contributed by atoms with Crippen molar-refractivity contribution in [3.05, 3.63) is 46.8 Å². The average molecular weight is 245 g/mol. The number of nitrogens with one attached hydrogen (secondary N) is 2. The summed E-state index contributed by atoms with van der Waals surface area (Å²) in [6.45, 7) is 4.39. The van der Waals surface area contributed by atoms with E-state index in [2.05, 4.69) is 15.5 Å². The summed E-state index contributed by atoms with van der Waals surface area (Å²) in [6.07, 6.45) is 0. The van der Waals surface area contributed by atoms with Crippen LogP contribution in [0.5, 0.6) is 0 Å². The Kier molecular flexibility index (Phi) is 3.32. The fourth-order valence-corrected chi connectivity index (χ4v) is 1.70. The molecule has 3 N–H and O–H groups in total. The molecule has 0 aliphatic heterocycles. The fraction of sp³-hybridized carbons (Fsp3) is 0.231. The van der Waals surface area contributed by atoms with Crippen LogP contribution in [0.1, 0.15) is 27.3 Å². The summed E-state index contributed by atoms with van der Waals surface area (Å²) in [5.41, 5.74) is 3.59. The van der Waals surface area contributed by atoms with Gasteiger partial charge >= 0.3 is 5.97 Å². The van der Waals surface area contributed by atoms with Gasteiger partial charge in [-0.05, 0) is 19.4 Å². The minimum absolute atomic E-state index is 0.0274. The molecule has 2 aromatic rings. The molecule has 0 spiro atoms. The molecule has 0 saturated heterocycles.